The number of nitrogens with one attached hydrogen (secondary N) is 1. The number of furan rings is 1. The summed E-state index contributed by atoms with van der Waals surface area (Å²) in [4.78, 5) is 11.4. The molecule has 5 heteroatoms. The molecule has 0 saturated carbocycles. The van der Waals surface area contributed by atoms with Gasteiger partial charge in [-0.1, -0.05) is 6.07 Å². The van der Waals surface area contributed by atoms with Crippen molar-refractivity contribution in [2.75, 3.05) is 12.4 Å². The van der Waals surface area contributed by atoms with Crippen molar-refractivity contribution in [2.45, 2.75) is 6.54 Å². The van der Waals surface area contributed by atoms with Gasteiger partial charge in [-0.05, 0) is 40.2 Å². The number of methoxy groups -OCH3 is 1. The molecule has 2 aromatic rings. The SMILES string of the molecule is COC(=O)c1cccc(NCc2occc2Br)c1. The topological polar surface area (TPSA) is 51.5 Å². The van der Waals surface area contributed by atoms with Crippen molar-refractivity contribution in [3.05, 3.63) is 52.4 Å². The molecule has 0 aliphatic carbocycles. The molecule has 0 aliphatic heterocycles. The second kappa shape index (κ2) is 5.73. The molecule has 0 fully saturated rings. The first kappa shape index (κ1) is 12.7. The zero-order valence-corrected chi connectivity index (χ0v) is 11.4. The van der Waals surface area contributed by atoms with Crippen molar-refractivity contribution in [1.29, 1.82) is 0 Å². The average Bonchev–Trinajstić information content (AvgIpc) is 2.81. The molecule has 94 valence electrons. The molecule has 0 amide bonds. The number of esters is 1. The maximum atomic E-state index is 11.4. The molecule has 0 spiro atoms. The molecule has 1 N–H and O–H groups in total. The summed E-state index contributed by atoms with van der Waals surface area (Å²) >= 11 is 3.38. The fraction of sp³-hybridized carbons (Fsp3) is 0.154. The molecule has 0 aliphatic rings. The monoisotopic (exact) mass is 309 g/mol. The number of hydrogen-bond acceptors (Lipinski definition) is 4. The lowest BCUT2D eigenvalue weighted by Gasteiger charge is -2.06. The molecule has 18 heavy (non-hydrogen) atoms. The highest BCUT2D eigenvalue weighted by atomic mass is 79.9. The Bertz CT molecular complexity index is 551. The van der Waals surface area contributed by atoms with Crippen LogP contribution in [0.25, 0.3) is 0 Å². The van der Waals surface area contributed by atoms with Gasteiger partial charge in [0.05, 0.1) is 30.0 Å². The third-order valence-corrected chi connectivity index (χ3v) is 3.13. The molecule has 0 saturated heterocycles. The molecule has 0 radical (unpaired) electrons. The Kier molecular flexibility index (Phi) is 4.04. The standard InChI is InChI=1S/C13H12BrNO3/c1-17-13(16)9-3-2-4-10(7-9)15-8-12-11(14)5-6-18-12/h2-7,15H,8H2,1H3. The molecule has 1 heterocycles. The molecule has 2 rings (SSSR count). The van der Waals surface area contributed by atoms with Gasteiger partial charge in [-0.25, -0.2) is 4.79 Å². The first-order chi connectivity index (χ1) is 8.70. The highest BCUT2D eigenvalue weighted by molar-refractivity contribution is 9.10. The van der Waals surface area contributed by atoms with Gasteiger partial charge in [0.15, 0.2) is 0 Å². The normalized spacial score (nSPS) is 10.1. The lowest BCUT2D eigenvalue weighted by molar-refractivity contribution is 0.0601. The highest BCUT2D eigenvalue weighted by Crippen LogP contribution is 2.19. The second-order valence-electron chi connectivity index (χ2n) is 3.62. The van der Waals surface area contributed by atoms with E-state index in [4.69, 9.17) is 4.42 Å². The Morgan fingerprint density at radius 2 is 2.28 bits per heavy atom. The largest absolute Gasteiger partial charge is 0.466 e. The Hall–Kier alpha value is -1.75. The number of carbonyl (C=O) groups excluding carboxylic acids is 1. The number of hydrogen-bond donors (Lipinski definition) is 1. The number of rotatable bonds is 4. The number of benzene rings is 1. The van der Waals surface area contributed by atoms with E-state index in [2.05, 4.69) is 26.0 Å². The molecule has 4 nitrogen and oxygen atoms in total. The van der Waals surface area contributed by atoms with Gasteiger partial charge in [0.2, 0.25) is 0 Å². The summed E-state index contributed by atoms with van der Waals surface area (Å²) in [5.74, 6) is 0.455. The van der Waals surface area contributed by atoms with Crippen LogP contribution < -0.4 is 5.32 Å². The van der Waals surface area contributed by atoms with Crippen LogP contribution in [-0.4, -0.2) is 13.1 Å². The molecular formula is C13H12BrNO3. The van der Waals surface area contributed by atoms with Crippen LogP contribution in [0.1, 0.15) is 16.1 Å². The summed E-state index contributed by atoms with van der Waals surface area (Å²) < 4.78 is 10.9. The average molecular weight is 310 g/mol. The minimum Gasteiger partial charge on any atom is -0.466 e. The van der Waals surface area contributed by atoms with E-state index >= 15 is 0 Å². The van der Waals surface area contributed by atoms with Crippen LogP contribution in [-0.2, 0) is 11.3 Å². The Balaban J connectivity index is 2.06. The quantitative estimate of drug-likeness (QED) is 0.879. The van der Waals surface area contributed by atoms with Crippen molar-refractivity contribution in [3.63, 3.8) is 0 Å². The zero-order valence-electron chi connectivity index (χ0n) is 9.77. The molecule has 1 aromatic heterocycles. The predicted molar refractivity (Wildman–Crippen MR) is 71.5 cm³/mol. The van der Waals surface area contributed by atoms with Gasteiger partial charge >= 0.3 is 5.97 Å². The van der Waals surface area contributed by atoms with Gasteiger partial charge in [0.25, 0.3) is 0 Å². The van der Waals surface area contributed by atoms with Crippen molar-refractivity contribution in [1.82, 2.24) is 0 Å². The van der Waals surface area contributed by atoms with E-state index in [0.29, 0.717) is 12.1 Å². The van der Waals surface area contributed by atoms with Crippen molar-refractivity contribution >= 4 is 27.6 Å². The van der Waals surface area contributed by atoms with Crippen molar-refractivity contribution in [3.8, 4) is 0 Å². The van der Waals surface area contributed by atoms with Gasteiger partial charge in [-0.3, -0.25) is 0 Å². The predicted octanol–water partition coefficient (Wildman–Crippen LogP) is 3.44. The number of anilines is 1. The van der Waals surface area contributed by atoms with E-state index in [9.17, 15) is 4.79 Å². The molecule has 0 bridgehead atoms. The van der Waals surface area contributed by atoms with Gasteiger partial charge in [-0.15, -0.1) is 0 Å². The minimum absolute atomic E-state index is 0.349. The van der Waals surface area contributed by atoms with Gasteiger partial charge in [0, 0.05) is 5.69 Å². The van der Waals surface area contributed by atoms with Crippen LogP contribution in [0, 0.1) is 0 Å². The van der Waals surface area contributed by atoms with Crippen LogP contribution in [0.3, 0.4) is 0 Å². The molecular weight excluding hydrogens is 298 g/mol. The van der Waals surface area contributed by atoms with E-state index in [-0.39, 0.29) is 5.97 Å². The number of carbonyl (C=O) groups is 1. The fourth-order valence-electron chi connectivity index (χ4n) is 1.51. The van der Waals surface area contributed by atoms with Crippen LogP contribution in [0.5, 0.6) is 0 Å². The van der Waals surface area contributed by atoms with Crippen LogP contribution in [0.2, 0.25) is 0 Å². The second-order valence-corrected chi connectivity index (χ2v) is 4.47. The molecule has 1 aromatic carbocycles. The van der Waals surface area contributed by atoms with Crippen molar-refractivity contribution in [2.24, 2.45) is 0 Å². The third-order valence-electron chi connectivity index (χ3n) is 2.43. The van der Waals surface area contributed by atoms with E-state index in [0.717, 1.165) is 15.9 Å². The summed E-state index contributed by atoms with van der Waals surface area (Å²) in [6, 6.07) is 8.96. The zero-order chi connectivity index (χ0) is 13.0. The lowest BCUT2D eigenvalue weighted by Crippen LogP contribution is -2.03. The Morgan fingerprint density at radius 3 is 2.94 bits per heavy atom. The highest BCUT2D eigenvalue weighted by Gasteiger charge is 2.06. The Labute approximate surface area is 113 Å². The van der Waals surface area contributed by atoms with E-state index in [1.54, 1.807) is 24.5 Å². The third kappa shape index (κ3) is 2.92. The van der Waals surface area contributed by atoms with Gasteiger partial charge < -0.3 is 14.5 Å². The van der Waals surface area contributed by atoms with E-state index < -0.39 is 0 Å². The molecule has 0 unspecified atom stereocenters. The maximum absolute atomic E-state index is 11.4. The van der Waals surface area contributed by atoms with E-state index in [1.165, 1.54) is 7.11 Å². The number of ether oxygens (including phenoxy) is 1. The smallest absolute Gasteiger partial charge is 0.337 e. The van der Waals surface area contributed by atoms with Crippen molar-refractivity contribution < 1.29 is 13.9 Å². The summed E-state index contributed by atoms with van der Waals surface area (Å²) in [6.45, 7) is 0.540. The fourth-order valence-corrected chi connectivity index (χ4v) is 1.85. The minimum atomic E-state index is -0.349. The van der Waals surface area contributed by atoms with Gasteiger partial charge in [-0.2, -0.15) is 0 Å². The maximum Gasteiger partial charge on any atom is 0.337 e. The molecule has 0 atom stereocenters. The summed E-state index contributed by atoms with van der Waals surface area (Å²) in [5, 5.41) is 3.18. The lowest BCUT2D eigenvalue weighted by atomic mass is 10.2. The Morgan fingerprint density at radius 1 is 1.44 bits per heavy atom. The van der Waals surface area contributed by atoms with Crippen LogP contribution in [0.4, 0.5) is 5.69 Å². The van der Waals surface area contributed by atoms with E-state index in [1.807, 2.05) is 12.1 Å². The summed E-state index contributed by atoms with van der Waals surface area (Å²) in [5.41, 5.74) is 1.35. The number of halogens is 1. The summed E-state index contributed by atoms with van der Waals surface area (Å²) in [6.07, 6.45) is 1.62. The first-order valence-electron chi connectivity index (χ1n) is 5.35. The first-order valence-corrected chi connectivity index (χ1v) is 6.14. The van der Waals surface area contributed by atoms with Crippen LogP contribution >= 0.6 is 15.9 Å². The van der Waals surface area contributed by atoms with Crippen LogP contribution in [0.15, 0.2) is 45.5 Å². The summed E-state index contributed by atoms with van der Waals surface area (Å²) in [7, 11) is 1.36. The van der Waals surface area contributed by atoms with Gasteiger partial charge in [0.1, 0.15) is 5.76 Å².